The van der Waals surface area contributed by atoms with Gasteiger partial charge < -0.3 is 16.3 Å². The standard InChI is InChI=1S/C15H17FN4O/c1-10(11-4-6-18-7-5-11)19-9-12-2-3-13(16)8-14(12)15(17)20-21/h2-8,10,19,21H,9H2,1H3,(H2,17,20)/t10-/m0/s1. The highest BCUT2D eigenvalue weighted by molar-refractivity contribution is 5.98. The fourth-order valence-electron chi connectivity index (χ4n) is 2.03. The van der Waals surface area contributed by atoms with E-state index < -0.39 is 5.82 Å². The van der Waals surface area contributed by atoms with E-state index in [0.717, 1.165) is 11.1 Å². The summed E-state index contributed by atoms with van der Waals surface area (Å²) in [5, 5.41) is 15.0. The molecule has 0 saturated carbocycles. The third kappa shape index (κ3) is 3.76. The molecule has 1 aromatic heterocycles. The molecule has 1 atom stereocenters. The van der Waals surface area contributed by atoms with Gasteiger partial charge in [0.15, 0.2) is 5.84 Å². The van der Waals surface area contributed by atoms with Crippen LogP contribution in [-0.2, 0) is 6.54 Å². The van der Waals surface area contributed by atoms with Gasteiger partial charge in [-0.25, -0.2) is 4.39 Å². The van der Waals surface area contributed by atoms with Crippen LogP contribution in [0.25, 0.3) is 0 Å². The van der Waals surface area contributed by atoms with Gasteiger partial charge in [-0.2, -0.15) is 0 Å². The number of aromatic nitrogens is 1. The molecule has 1 aromatic carbocycles. The van der Waals surface area contributed by atoms with Gasteiger partial charge >= 0.3 is 0 Å². The second kappa shape index (κ2) is 6.81. The molecule has 0 unspecified atom stereocenters. The first-order valence-corrected chi connectivity index (χ1v) is 6.51. The van der Waals surface area contributed by atoms with Crippen LogP contribution in [0.2, 0.25) is 0 Å². The van der Waals surface area contributed by atoms with Gasteiger partial charge in [0.1, 0.15) is 5.82 Å². The molecule has 6 heteroatoms. The van der Waals surface area contributed by atoms with E-state index in [-0.39, 0.29) is 11.9 Å². The fraction of sp³-hybridized carbons (Fsp3) is 0.200. The van der Waals surface area contributed by atoms with Crippen molar-refractivity contribution < 1.29 is 9.60 Å². The van der Waals surface area contributed by atoms with E-state index in [1.807, 2.05) is 19.1 Å². The van der Waals surface area contributed by atoms with Gasteiger partial charge in [0, 0.05) is 30.5 Å². The Labute approximate surface area is 122 Å². The zero-order valence-corrected chi connectivity index (χ0v) is 11.6. The largest absolute Gasteiger partial charge is 0.409 e. The molecular formula is C15H17FN4O. The SMILES string of the molecule is C[C@H](NCc1ccc(F)cc1/C(N)=N/O)c1ccncc1. The second-order valence-corrected chi connectivity index (χ2v) is 4.67. The summed E-state index contributed by atoms with van der Waals surface area (Å²) in [5.74, 6) is -0.537. The molecule has 0 bridgehead atoms. The summed E-state index contributed by atoms with van der Waals surface area (Å²) < 4.78 is 13.3. The second-order valence-electron chi connectivity index (χ2n) is 4.67. The minimum atomic E-state index is -0.428. The van der Waals surface area contributed by atoms with Crippen LogP contribution in [-0.4, -0.2) is 16.0 Å². The van der Waals surface area contributed by atoms with Crippen molar-refractivity contribution in [3.63, 3.8) is 0 Å². The molecule has 0 aliphatic rings. The number of halogens is 1. The van der Waals surface area contributed by atoms with E-state index in [2.05, 4.69) is 15.5 Å². The number of nitrogens with zero attached hydrogens (tertiary/aromatic N) is 2. The summed E-state index contributed by atoms with van der Waals surface area (Å²) in [6.07, 6.45) is 3.46. The highest BCUT2D eigenvalue weighted by Gasteiger charge is 2.10. The lowest BCUT2D eigenvalue weighted by molar-refractivity contribution is 0.318. The Hall–Kier alpha value is -2.47. The lowest BCUT2D eigenvalue weighted by atomic mass is 10.0. The Morgan fingerprint density at radius 3 is 2.76 bits per heavy atom. The number of pyridine rings is 1. The van der Waals surface area contributed by atoms with Crippen molar-refractivity contribution in [2.75, 3.05) is 0 Å². The van der Waals surface area contributed by atoms with Gasteiger partial charge in [-0.1, -0.05) is 11.2 Å². The van der Waals surface area contributed by atoms with Gasteiger partial charge in [0.2, 0.25) is 0 Å². The first-order valence-electron chi connectivity index (χ1n) is 6.51. The van der Waals surface area contributed by atoms with Crippen LogP contribution < -0.4 is 11.1 Å². The van der Waals surface area contributed by atoms with Crippen molar-refractivity contribution in [2.45, 2.75) is 19.5 Å². The number of nitrogens with two attached hydrogens (primary N) is 1. The quantitative estimate of drug-likeness (QED) is 0.341. The molecule has 0 amide bonds. The smallest absolute Gasteiger partial charge is 0.170 e. The first kappa shape index (κ1) is 14.9. The summed E-state index contributed by atoms with van der Waals surface area (Å²) >= 11 is 0. The molecule has 0 aliphatic carbocycles. The molecule has 0 spiro atoms. The summed E-state index contributed by atoms with van der Waals surface area (Å²) in [6, 6.07) is 8.16. The Morgan fingerprint density at radius 2 is 2.10 bits per heavy atom. The average molecular weight is 288 g/mol. The number of amidine groups is 1. The highest BCUT2D eigenvalue weighted by atomic mass is 19.1. The van der Waals surface area contributed by atoms with Crippen LogP contribution in [0.3, 0.4) is 0 Å². The van der Waals surface area contributed by atoms with Gasteiger partial charge in [-0.15, -0.1) is 0 Å². The zero-order chi connectivity index (χ0) is 15.2. The Morgan fingerprint density at radius 1 is 1.38 bits per heavy atom. The fourth-order valence-corrected chi connectivity index (χ4v) is 2.03. The maximum atomic E-state index is 13.3. The van der Waals surface area contributed by atoms with Crippen molar-refractivity contribution >= 4 is 5.84 Å². The van der Waals surface area contributed by atoms with Crippen molar-refractivity contribution in [2.24, 2.45) is 10.9 Å². The molecule has 1 heterocycles. The Kier molecular flexibility index (Phi) is 4.84. The Bertz CT molecular complexity index is 631. The zero-order valence-electron chi connectivity index (χ0n) is 11.6. The number of hydrogen-bond acceptors (Lipinski definition) is 4. The number of hydrogen-bond donors (Lipinski definition) is 3. The number of rotatable bonds is 5. The van der Waals surface area contributed by atoms with Crippen LogP contribution in [0.5, 0.6) is 0 Å². The lowest BCUT2D eigenvalue weighted by Crippen LogP contribution is -2.22. The predicted octanol–water partition coefficient (Wildman–Crippen LogP) is 2.17. The maximum Gasteiger partial charge on any atom is 0.170 e. The van der Waals surface area contributed by atoms with E-state index in [4.69, 9.17) is 10.9 Å². The van der Waals surface area contributed by atoms with Gasteiger partial charge in [-0.05, 0) is 42.3 Å². The number of nitrogens with one attached hydrogen (secondary N) is 1. The van der Waals surface area contributed by atoms with Crippen LogP contribution >= 0.6 is 0 Å². The third-order valence-corrected chi connectivity index (χ3v) is 3.26. The maximum absolute atomic E-state index is 13.3. The van der Waals surface area contributed by atoms with E-state index >= 15 is 0 Å². The minimum Gasteiger partial charge on any atom is -0.409 e. The van der Waals surface area contributed by atoms with Crippen molar-refractivity contribution in [1.82, 2.24) is 10.3 Å². The van der Waals surface area contributed by atoms with Crippen molar-refractivity contribution in [3.8, 4) is 0 Å². The van der Waals surface area contributed by atoms with Crippen LogP contribution in [0.1, 0.15) is 29.7 Å². The molecule has 110 valence electrons. The summed E-state index contributed by atoms with van der Waals surface area (Å²) in [6.45, 7) is 2.48. The molecule has 0 aliphatic heterocycles. The Balaban J connectivity index is 2.13. The lowest BCUT2D eigenvalue weighted by Gasteiger charge is -2.15. The highest BCUT2D eigenvalue weighted by Crippen LogP contribution is 2.15. The average Bonchev–Trinajstić information content (AvgIpc) is 2.53. The molecule has 4 N–H and O–H groups in total. The summed E-state index contributed by atoms with van der Waals surface area (Å²) in [5.41, 5.74) is 7.81. The third-order valence-electron chi connectivity index (χ3n) is 3.26. The monoisotopic (exact) mass is 288 g/mol. The van der Waals surface area contributed by atoms with Crippen molar-refractivity contribution in [3.05, 3.63) is 65.2 Å². The van der Waals surface area contributed by atoms with E-state index in [1.165, 1.54) is 12.1 Å². The minimum absolute atomic E-state index is 0.0955. The number of oxime groups is 1. The van der Waals surface area contributed by atoms with Gasteiger partial charge in [0.25, 0.3) is 0 Å². The molecule has 0 fully saturated rings. The molecule has 0 radical (unpaired) electrons. The predicted molar refractivity (Wildman–Crippen MR) is 78.4 cm³/mol. The molecule has 5 nitrogen and oxygen atoms in total. The van der Waals surface area contributed by atoms with E-state index in [9.17, 15) is 4.39 Å². The topological polar surface area (TPSA) is 83.5 Å². The molecule has 21 heavy (non-hydrogen) atoms. The van der Waals surface area contributed by atoms with Gasteiger partial charge in [0.05, 0.1) is 0 Å². The summed E-state index contributed by atoms with van der Waals surface area (Å²) in [7, 11) is 0. The molecular weight excluding hydrogens is 271 g/mol. The molecule has 2 aromatic rings. The van der Waals surface area contributed by atoms with E-state index in [1.54, 1.807) is 18.5 Å². The number of benzene rings is 1. The van der Waals surface area contributed by atoms with Crippen LogP contribution in [0, 0.1) is 5.82 Å². The van der Waals surface area contributed by atoms with E-state index in [0.29, 0.717) is 12.1 Å². The van der Waals surface area contributed by atoms with Crippen LogP contribution in [0.15, 0.2) is 47.9 Å². The summed E-state index contributed by atoms with van der Waals surface area (Å²) in [4.78, 5) is 3.97. The normalized spacial score (nSPS) is 13.1. The molecule has 2 rings (SSSR count). The van der Waals surface area contributed by atoms with Crippen molar-refractivity contribution in [1.29, 1.82) is 0 Å². The first-order chi connectivity index (χ1) is 10.1. The van der Waals surface area contributed by atoms with Gasteiger partial charge in [-0.3, -0.25) is 4.98 Å². The van der Waals surface area contributed by atoms with Crippen LogP contribution in [0.4, 0.5) is 4.39 Å². The molecule has 0 saturated heterocycles.